The Bertz CT molecular complexity index is 1990. The van der Waals surface area contributed by atoms with Crippen LogP contribution in [0.5, 0.6) is 0 Å². The molecule has 2 saturated heterocycles. The first-order valence-electron chi connectivity index (χ1n) is 25.9. The lowest BCUT2D eigenvalue weighted by Gasteiger charge is -2.47. The highest BCUT2D eigenvalue weighted by molar-refractivity contribution is 7.99. The average molecular weight is 1030 g/mol. The number of ether oxygens (including phenoxy) is 6. The van der Waals surface area contributed by atoms with Crippen molar-refractivity contribution in [2.45, 2.75) is 165 Å². The van der Waals surface area contributed by atoms with Crippen LogP contribution in [0.1, 0.15) is 105 Å². The molecule has 1 saturated carbocycles. The molecule has 0 aromatic heterocycles. The summed E-state index contributed by atoms with van der Waals surface area (Å²) in [5, 5.41) is 40.8. The highest BCUT2D eigenvalue weighted by Crippen LogP contribution is 2.39. The number of methoxy groups -OCH3 is 4. The summed E-state index contributed by atoms with van der Waals surface area (Å²) < 4.78 is 36.1. The summed E-state index contributed by atoms with van der Waals surface area (Å²) in [4.78, 5) is 71.5. The molecule has 3 aliphatic heterocycles. The molecule has 2 amide bonds. The highest BCUT2D eigenvalue weighted by Gasteiger charge is 2.57. The Labute approximate surface area is 430 Å². The van der Waals surface area contributed by atoms with E-state index in [1.54, 1.807) is 39.8 Å². The molecule has 0 spiro atoms. The number of benzene rings is 1. The minimum atomic E-state index is -2.58. The number of thioether (sulfide) groups is 1. The normalized spacial score (nSPS) is 34.8. The van der Waals surface area contributed by atoms with Crippen LogP contribution in [0.2, 0.25) is 0 Å². The molecule has 3 heterocycles. The predicted molar refractivity (Wildman–Crippen MR) is 274 cm³/mol. The van der Waals surface area contributed by atoms with Crippen LogP contribution in [-0.4, -0.2) is 170 Å². The lowest BCUT2D eigenvalue weighted by Crippen LogP contribution is -2.64. The third-order valence-corrected chi connectivity index (χ3v) is 16.2. The number of hydrogen-bond acceptors (Lipinski definition) is 16. The van der Waals surface area contributed by atoms with Crippen molar-refractivity contribution < 1.29 is 67.7 Å². The molecule has 5 rings (SSSR count). The molecule has 404 valence electrons. The van der Waals surface area contributed by atoms with Crippen molar-refractivity contribution in [2.75, 3.05) is 64.9 Å². The fraction of sp³-hybridized carbons (Fsp3) is 0.722. The molecule has 0 radical (unpaired) electrons. The first kappa shape index (κ1) is 59.2. The van der Waals surface area contributed by atoms with Gasteiger partial charge in [-0.15, -0.1) is 0 Å². The lowest BCUT2D eigenvalue weighted by molar-refractivity contribution is -0.303. The Kier molecular flexibility index (Phi) is 23.7. The molecule has 72 heavy (non-hydrogen) atoms. The maximum Gasteiger partial charge on any atom is 0.329 e. The van der Waals surface area contributed by atoms with Crippen LogP contribution in [0.25, 0.3) is 0 Å². The SMILES string of the molecule is CO[C@H]1C/C(C)=C/[C@@H](CCCSCCNC(=O)CNc2ccccc2)C(=O)C[C@H](O)[C@@H](C)[C@@H](/C(C)=C/[C@@H]2CC[C@@H](O)[C@H](OC)C2)OC(=O)[C@@H]2CCCCN2C(=O)C(=O)[C@]2(O)O[C@H]([C@@H](OC)C1)[C@@H](OC)C[C@H]2C. The van der Waals surface area contributed by atoms with Crippen LogP contribution in [0.15, 0.2) is 53.6 Å². The number of nitrogens with zero attached hydrogens (tertiary/aromatic N) is 1. The van der Waals surface area contributed by atoms with E-state index in [1.165, 1.54) is 19.1 Å². The number of hydrogen-bond donors (Lipinski definition) is 5. The van der Waals surface area contributed by atoms with Gasteiger partial charge < -0.3 is 59.3 Å². The van der Waals surface area contributed by atoms with E-state index in [0.717, 1.165) is 17.0 Å². The lowest BCUT2D eigenvalue weighted by atomic mass is 9.81. The summed E-state index contributed by atoms with van der Waals surface area (Å²) >= 11 is 1.67. The number of fused-ring (bicyclic) bond motifs is 3. The number of ketones is 2. The molecule has 14 atom stereocenters. The van der Waals surface area contributed by atoms with Crippen molar-refractivity contribution in [2.24, 2.45) is 23.7 Å². The summed E-state index contributed by atoms with van der Waals surface area (Å²) in [6.07, 6.45) is 2.39. The number of Topliss-reactive ketones (excluding diaryl/α,β-unsaturated/α-hetero) is 2. The van der Waals surface area contributed by atoms with Crippen molar-refractivity contribution in [1.82, 2.24) is 10.2 Å². The Morgan fingerprint density at radius 3 is 2.29 bits per heavy atom. The smallest absolute Gasteiger partial charge is 0.329 e. The monoisotopic (exact) mass is 1030 g/mol. The molecule has 4 aliphatic rings. The molecule has 1 aliphatic carbocycles. The van der Waals surface area contributed by atoms with Crippen molar-refractivity contribution in [1.29, 1.82) is 0 Å². The number of cyclic esters (lactones) is 1. The Morgan fingerprint density at radius 1 is 0.889 bits per heavy atom. The van der Waals surface area contributed by atoms with Gasteiger partial charge in [0.1, 0.15) is 24.0 Å². The second-order valence-corrected chi connectivity index (χ2v) is 21.5. The molecule has 17 nitrogen and oxygen atoms in total. The number of carbonyl (C=O) groups excluding carboxylic acids is 5. The number of esters is 1. The van der Waals surface area contributed by atoms with Gasteiger partial charge in [0, 0.05) is 83.6 Å². The van der Waals surface area contributed by atoms with Gasteiger partial charge in [0.25, 0.3) is 11.7 Å². The molecular weight excluding hydrogens is 947 g/mol. The number of aliphatic hydroxyl groups excluding tert-OH is 2. The fourth-order valence-corrected chi connectivity index (χ4v) is 11.5. The van der Waals surface area contributed by atoms with E-state index in [1.807, 2.05) is 56.3 Å². The van der Waals surface area contributed by atoms with Gasteiger partial charge in [0.2, 0.25) is 11.7 Å². The average Bonchev–Trinajstić information content (AvgIpc) is 3.38. The van der Waals surface area contributed by atoms with Gasteiger partial charge in [-0.3, -0.25) is 19.2 Å². The number of aliphatic hydroxyl groups is 3. The van der Waals surface area contributed by atoms with E-state index >= 15 is 0 Å². The van der Waals surface area contributed by atoms with E-state index in [0.29, 0.717) is 69.2 Å². The van der Waals surface area contributed by atoms with E-state index in [4.69, 9.17) is 28.4 Å². The maximum absolute atomic E-state index is 14.6. The van der Waals surface area contributed by atoms with Gasteiger partial charge in [0.05, 0.1) is 43.2 Å². The topological polar surface area (TPSA) is 229 Å². The molecule has 5 N–H and O–H groups in total. The van der Waals surface area contributed by atoms with Crippen LogP contribution in [0.3, 0.4) is 0 Å². The number of allylic oxidation sites excluding steroid dienone is 2. The summed E-state index contributed by atoms with van der Waals surface area (Å²) in [7, 11) is 6.12. The van der Waals surface area contributed by atoms with E-state index in [9.17, 15) is 39.3 Å². The first-order valence-corrected chi connectivity index (χ1v) is 27.0. The standard InChI is InChI=1S/C54H83N3O14S/c1-33-25-38(15-14-23-72-24-21-55-48(61)32-56-39-16-10-9-11-17-39)44(60)31-43(59)36(4)49(34(2)27-37-19-20-42(58)45(29-37)67-6)70-53(64)41-18-12-13-22-57(41)52(63)51(62)54(65)35(3)28-46(68-7)50(71-54)47(69-8)30-40(26-33)66-5/h9-11,16-17,25,27,35-38,40-43,45-47,49-50,56,58-59,65H,12-15,18-24,26,28-32H2,1-8H3,(H,55,61)/b33-25+,34-27+/t35-,36-,37+,38-,40+,41+,42-,43+,45-,46+,47+,49-,50+,54-/m1/s1. The molecule has 18 heteroatoms. The van der Waals surface area contributed by atoms with Crippen molar-refractivity contribution >= 4 is 46.8 Å². The fourth-order valence-electron chi connectivity index (χ4n) is 10.7. The predicted octanol–water partition coefficient (Wildman–Crippen LogP) is 5.18. The number of anilines is 1. The van der Waals surface area contributed by atoms with Crippen LogP contribution in [-0.2, 0) is 52.4 Å². The van der Waals surface area contributed by atoms with Gasteiger partial charge in [-0.25, -0.2) is 4.79 Å². The second-order valence-electron chi connectivity index (χ2n) is 20.3. The van der Waals surface area contributed by atoms with Crippen molar-refractivity contribution in [3.63, 3.8) is 0 Å². The Morgan fingerprint density at radius 2 is 1.60 bits per heavy atom. The summed E-state index contributed by atoms with van der Waals surface area (Å²) in [6.45, 7) is 7.78. The number of para-hydroxylation sites is 1. The van der Waals surface area contributed by atoms with E-state index in [-0.39, 0.29) is 62.5 Å². The first-order chi connectivity index (χ1) is 34.4. The van der Waals surface area contributed by atoms with Crippen LogP contribution >= 0.6 is 11.8 Å². The summed E-state index contributed by atoms with van der Waals surface area (Å²) in [6, 6.07) is 8.32. The molecule has 0 unspecified atom stereocenters. The summed E-state index contributed by atoms with van der Waals surface area (Å²) in [5.41, 5.74) is 2.35. The summed E-state index contributed by atoms with van der Waals surface area (Å²) in [5.74, 6) is -6.82. The number of rotatable bonds is 16. The van der Waals surface area contributed by atoms with Gasteiger partial charge in [-0.1, -0.05) is 49.8 Å². The third-order valence-electron chi connectivity index (χ3n) is 15.1. The number of carbonyl (C=O) groups is 5. The van der Waals surface area contributed by atoms with Gasteiger partial charge in [0.15, 0.2) is 0 Å². The van der Waals surface area contributed by atoms with Gasteiger partial charge in [-0.05, 0) is 107 Å². The second kappa shape index (κ2) is 28.8. The largest absolute Gasteiger partial charge is 0.456 e. The third kappa shape index (κ3) is 16.1. The Hall–Kier alpha value is -3.72. The molecule has 1 aromatic rings. The van der Waals surface area contributed by atoms with Gasteiger partial charge in [-0.2, -0.15) is 11.8 Å². The van der Waals surface area contributed by atoms with Crippen molar-refractivity contribution in [3.05, 3.63) is 53.6 Å². The van der Waals surface area contributed by atoms with Crippen LogP contribution < -0.4 is 10.6 Å². The molecular formula is C54H83N3O14S. The minimum absolute atomic E-state index is 0.0461. The van der Waals surface area contributed by atoms with Crippen LogP contribution in [0.4, 0.5) is 5.69 Å². The van der Waals surface area contributed by atoms with Gasteiger partial charge >= 0.3 is 5.97 Å². The van der Waals surface area contributed by atoms with E-state index < -0.39 is 90.0 Å². The number of piperidine rings is 1. The quantitative estimate of drug-likeness (QED) is 0.0622. The zero-order chi connectivity index (χ0) is 52.5. The molecule has 1 aromatic carbocycles. The maximum atomic E-state index is 14.6. The number of amides is 2. The zero-order valence-corrected chi connectivity index (χ0v) is 44.6. The minimum Gasteiger partial charge on any atom is -0.456 e. The van der Waals surface area contributed by atoms with Crippen molar-refractivity contribution in [3.8, 4) is 0 Å². The number of nitrogens with one attached hydrogen (secondary N) is 2. The van der Waals surface area contributed by atoms with Crippen LogP contribution in [0, 0.1) is 23.7 Å². The highest BCUT2D eigenvalue weighted by atomic mass is 32.2. The van der Waals surface area contributed by atoms with E-state index in [2.05, 4.69) is 10.6 Å². The zero-order valence-electron chi connectivity index (χ0n) is 43.8. The molecule has 3 fully saturated rings. The Balaban J connectivity index is 1.43. The molecule has 2 bridgehead atoms.